The van der Waals surface area contributed by atoms with Gasteiger partial charge in [-0.15, -0.1) is 0 Å². The Bertz CT molecular complexity index is 679. The van der Waals surface area contributed by atoms with Crippen LogP contribution in [0.5, 0.6) is 0 Å². The Kier molecular flexibility index (Phi) is 5.33. The SMILES string of the molecule is CCCC1=CC(CC)(NCC)N=C(Nc2ccc3c(c2)N(C)CC3)N1. The summed E-state index contributed by atoms with van der Waals surface area (Å²) in [6, 6.07) is 6.61. The lowest BCUT2D eigenvalue weighted by molar-refractivity contribution is 0.405. The summed E-state index contributed by atoms with van der Waals surface area (Å²) in [6.45, 7) is 8.51. The molecule has 1 aromatic rings. The summed E-state index contributed by atoms with van der Waals surface area (Å²) in [5, 5.41) is 10.5. The molecule has 2 aliphatic rings. The van der Waals surface area contributed by atoms with Gasteiger partial charge in [0.2, 0.25) is 5.96 Å². The molecule has 0 fully saturated rings. The molecule has 0 aromatic heterocycles. The Balaban J connectivity index is 1.84. The van der Waals surface area contributed by atoms with Crippen molar-refractivity contribution >= 4 is 17.3 Å². The summed E-state index contributed by atoms with van der Waals surface area (Å²) in [7, 11) is 2.15. The van der Waals surface area contributed by atoms with E-state index in [1.54, 1.807) is 0 Å². The summed E-state index contributed by atoms with van der Waals surface area (Å²) in [4.78, 5) is 7.27. The molecule has 0 saturated carbocycles. The van der Waals surface area contributed by atoms with Crippen LogP contribution in [0.3, 0.4) is 0 Å². The molecule has 3 N–H and O–H groups in total. The summed E-state index contributed by atoms with van der Waals surface area (Å²) in [6.07, 6.45) is 6.45. The van der Waals surface area contributed by atoms with Crippen molar-refractivity contribution in [3.05, 3.63) is 35.5 Å². The van der Waals surface area contributed by atoms with Gasteiger partial charge in [0.15, 0.2) is 0 Å². The predicted molar refractivity (Wildman–Crippen MR) is 107 cm³/mol. The number of nitrogens with zero attached hydrogens (tertiary/aromatic N) is 2. The van der Waals surface area contributed by atoms with Gasteiger partial charge in [0.1, 0.15) is 5.66 Å². The fourth-order valence-electron chi connectivity index (χ4n) is 3.66. The van der Waals surface area contributed by atoms with Crippen LogP contribution >= 0.6 is 0 Å². The average molecular weight is 342 g/mol. The number of guanidine groups is 1. The van der Waals surface area contributed by atoms with Crippen molar-refractivity contribution in [2.75, 3.05) is 30.4 Å². The maximum atomic E-state index is 4.96. The van der Waals surface area contributed by atoms with Crippen LogP contribution in [0.2, 0.25) is 0 Å². The number of anilines is 2. The van der Waals surface area contributed by atoms with Crippen LogP contribution < -0.4 is 20.9 Å². The third-order valence-electron chi connectivity index (χ3n) is 5.02. The summed E-state index contributed by atoms with van der Waals surface area (Å²) >= 11 is 0. The fraction of sp³-hybridized carbons (Fsp3) is 0.550. The van der Waals surface area contributed by atoms with Gasteiger partial charge in [0.05, 0.1) is 0 Å². The first kappa shape index (κ1) is 17.8. The molecule has 0 radical (unpaired) electrons. The standard InChI is InChI=1S/C20H31N5/c1-5-8-17-14-20(6-2,21-7-3)24-19(23-17)22-16-10-9-15-11-12-25(4)18(15)13-16/h9-10,13-14,21H,5-8,11-12H2,1-4H3,(H2,22,23,24). The fourth-order valence-corrected chi connectivity index (χ4v) is 3.66. The first-order valence-electron chi connectivity index (χ1n) is 9.54. The van der Waals surface area contributed by atoms with E-state index in [4.69, 9.17) is 4.99 Å². The number of hydrogen-bond acceptors (Lipinski definition) is 5. The first-order chi connectivity index (χ1) is 12.1. The van der Waals surface area contributed by atoms with Gasteiger partial charge < -0.3 is 15.5 Å². The normalized spacial score (nSPS) is 22.2. The number of fused-ring (bicyclic) bond motifs is 1. The molecule has 25 heavy (non-hydrogen) atoms. The number of rotatable bonds is 6. The van der Waals surface area contributed by atoms with Crippen molar-refractivity contribution in [3.63, 3.8) is 0 Å². The van der Waals surface area contributed by atoms with E-state index in [0.29, 0.717) is 0 Å². The highest BCUT2D eigenvalue weighted by atomic mass is 15.3. The van der Waals surface area contributed by atoms with Crippen LogP contribution in [0.15, 0.2) is 35.0 Å². The number of aliphatic imine (C=N–C) groups is 1. The first-order valence-corrected chi connectivity index (χ1v) is 9.54. The van der Waals surface area contributed by atoms with Gasteiger partial charge in [0.25, 0.3) is 0 Å². The summed E-state index contributed by atoms with van der Waals surface area (Å²) in [5.74, 6) is 0.828. The van der Waals surface area contributed by atoms with E-state index < -0.39 is 0 Å². The molecule has 0 spiro atoms. The van der Waals surface area contributed by atoms with Gasteiger partial charge in [-0.3, -0.25) is 5.32 Å². The molecule has 2 aliphatic heterocycles. The summed E-state index contributed by atoms with van der Waals surface area (Å²) < 4.78 is 0. The van der Waals surface area contributed by atoms with Gasteiger partial charge >= 0.3 is 0 Å². The molecule has 1 unspecified atom stereocenters. The smallest absolute Gasteiger partial charge is 0.202 e. The number of nitrogens with one attached hydrogen (secondary N) is 3. The molecular weight excluding hydrogens is 310 g/mol. The largest absolute Gasteiger partial charge is 0.374 e. The average Bonchev–Trinajstić information content (AvgIpc) is 2.96. The molecule has 136 valence electrons. The van der Waals surface area contributed by atoms with Crippen molar-refractivity contribution < 1.29 is 0 Å². The second-order valence-corrected chi connectivity index (χ2v) is 6.95. The van der Waals surface area contributed by atoms with Crippen LogP contribution in [0, 0.1) is 0 Å². The Morgan fingerprint density at radius 3 is 2.84 bits per heavy atom. The molecule has 0 amide bonds. The molecular formula is C20H31N5. The van der Waals surface area contributed by atoms with E-state index >= 15 is 0 Å². The van der Waals surface area contributed by atoms with Gasteiger partial charge in [-0.05, 0) is 49.6 Å². The highest BCUT2D eigenvalue weighted by Crippen LogP contribution is 2.30. The third kappa shape index (κ3) is 3.82. The van der Waals surface area contributed by atoms with E-state index in [-0.39, 0.29) is 5.66 Å². The summed E-state index contributed by atoms with van der Waals surface area (Å²) in [5.41, 5.74) is 4.74. The highest BCUT2D eigenvalue weighted by molar-refractivity contribution is 5.96. The molecule has 0 bridgehead atoms. The van der Waals surface area contributed by atoms with Crippen LogP contribution in [-0.4, -0.2) is 31.8 Å². The van der Waals surface area contributed by atoms with Crippen LogP contribution in [-0.2, 0) is 6.42 Å². The zero-order valence-electron chi connectivity index (χ0n) is 15.9. The van der Waals surface area contributed by atoms with Gasteiger partial charge in [-0.2, -0.15) is 0 Å². The number of likely N-dealkylation sites (N-methyl/N-ethyl adjacent to an activating group) is 2. The van der Waals surface area contributed by atoms with Gasteiger partial charge in [-0.25, -0.2) is 4.99 Å². The van der Waals surface area contributed by atoms with E-state index in [2.05, 4.69) is 72.9 Å². The predicted octanol–water partition coefficient (Wildman–Crippen LogP) is 3.45. The van der Waals surface area contributed by atoms with Gasteiger partial charge in [-0.1, -0.05) is 33.3 Å². The minimum absolute atomic E-state index is 0.319. The van der Waals surface area contributed by atoms with Crippen molar-refractivity contribution in [2.24, 2.45) is 4.99 Å². The van der Waals surface area contributed by atoms with Gasteiger partial charge in [0, 0.05) is 30.7 Å². The second kappa shape index (κ2) is 7.48. The van der Waals surface area contributed by atoms with Crippen LogP contribution in [0.4, 0.5) is 11.4 Å². The molecule has 5 heteroatoms. The topological polar surface area (TPSA) is 51.7 Å². The molecule has 1 atom stereocenters. The van der Waals surface area contributed by atoms with E-state index in [9.17, 15) is 0 Å². The lowest BCUT2D eigenvalue weighted by Crippen LogP contribution is -2.48. The monoisotopic (exact) mass is 341 g/mol. The minimum Gasteiger partial charge on any atom is -0.374 e. The quantitative estimate of drug-likeness (QED) is 0.742. The Labute approximate surface area is 151 Å². The zero-order valence-corrected chi connectivity index (χ0v) is 15.9. The van der Waals surface area contributed by atoms with Crippen molar-refractivity contribution in [1.82, 2.24) is 10.6 Å². The second-order valence-electron chi connectivity index (χ2n) is 6.95. The number of benzene rings is 1. The third-order valence-corrected chi connectivity index (χ3v) is 5.02. The lowest BCUT2D eigenvalue weighted by atomic mass is 10.0. The number of allylic oxidation sites excluding steroid dienone is 1. The highest BCUT2D eigenvalue weighted by Gasteiger charge is 2.29. The van der Waals surface area contributed by atoms with Crippen molar-refractivity contribution in [2.45, 2.75) is 52.1 Å². The van der Waals surface area contributed by atoms with Crippen LogP contribution in [0.1, 0.15) is 45.6 Å². The Hall–Kier alpha value is -2.01. The molecule has 5 nitrogen and oxygen atoms in total. The van der Waals surface area contributed by atoms with Crippen LogP contribution in [0.25, 0.3) is 0 Å². The minimum atomic E-state index is -0.319. The molecule has 1 aromatic carbocycles. The molecule has 0 saturated heterocycles. The molecule has 0 aliphatic carbocycles. The van der Waals surface area contributed by atoms with Crippen molar-refractivity contribution in [3.8, 4) is 0 Å². The molecule has 3 rings (SSSR count). The van der Waals surface area contributed by atoms with E-state index in [1.807, 2.05) is 0 Å². The lowest BCUT2D eigenvalue weighted by Gasteiger charge is -2.33. The maximum Gasteiger partial charge on any atom is 0.202 e. The Morgan fingerprint density at radius 1 is 1.28 bits per heavy atom. The van der Waals surface area contributed by atoms with Crippen molar-refractivity contribution in [1.29, 1.82) is 0 Å². The Morgan fingerprint density at radius 2 is 2.12 bits per heavy atom. The van der Waals surface area contributed by atoms with E-state index in [1.165, 1.54) is 16.9 Å². The number of hydrogen-bond donors (Lipinski definition) is 3. The molecule has 2 heterocycles. The van der Waals surface area contributed by atoms with E-state index in [0.717, 1.165) is 50.4 Å². The zero-order chi connectivity index (χ0) is 17.9. The maximum absolute atomic E-state index is 4.96.